The Morgan fingerprint density at radius 1 is 0.533 bits per heavy atom. The van der Waals surface area contributed by atoms with E-state index in [1.807, 2.05) is 0 Å². The third-order valence-electron chi connectivity index (χ3n) is 6.05. The van der Waals surface area contributed by atoms with E-state index in [2.05, 4.69) is 16.0 Å². The summed E-state index contributed by atoms with van der Waals surface area (Å²) < 4.78 is 142. The molecule has 4 atom stereocenters. The van der Waals surface area contributed by atoms with Crippen molar-refractivity contribution in [3.8, 4) is 0 Å². The average molecular weight is 720 g/mol. The van der Waals surface area contributed by atoms with Crippen LogP contribution >= 0.6 is 0 Å². The molecule has 0 heterocycles. The van der Waals surface area contributed by atoms with Gasteiger partial charge in [-0.15, -0.1) is 0 Å². The van der Waals surface area contributed by atoms with Gasteiger partial charge in [0.25, 0.3) is 40.5 Å². The van der Waals surface area contributed by atoms with E-state index >= 15 is 0 Å². The van der Waals surface area contributed by atoms with Crippen molar-refractivity contribution in [1.29, 1.82) is 0 Å². The lowest BCUT2D eigenvalue weighted by atomic mass is 10.1. The van der Waals surface area contributed by atoms with Crippen molar-refractivity contribution in [2.24, 2.45) is 0 Å². The minimum Gasteiger partial charge on any atom is -0.371 e. The summed E-state index contributed by atoms with van der Waals surface area (Å²) in [7, 11) is -18.6. The van der Waals surface area contributed by atoms with Crippen LogP contribution in [0.25, 0.3) is 0 Å². The number of rotatable bonds is 22. The smallest absolute Gasteiger partial charge is 0.278 e. The average Bonchev–Trinajstić information content (AvgIpc) is 2.91. The molecule has 21 heteroatoms. The van der Waals surface area contributed by atoms with E-state index in [4.69, 9.17) is 9.47 Å². The molecule has 0 aliphatic carbocycles. The van der Waals surface area contributed by atoms with Crippen LogP contribution in [0.4, 0.5) is 0 Å². The second-order valence-electron chi connectivity index (χ2n) is 9.90. The Morgan fingerprint density at radius 3 is 1.16 bits per heavy atom. The Balaban J connectivity index is 2.31. The van der Waals surface area contributed by atoms with Gasteiger partial charge in [-0.25, -0.2) is 0 Å². The molecule has 0 radical (unpaired) electrons. The SMILES string of the molecule is O=S(=O)(O)CNC(CNCC(NCS(=O)(=O)O)C(CS(=O)(=O)O)OCc1ccccc1)C(CS(=O)(=O)O)OCc1ccccc1. The number of hydrogen-bond acceptors (Lipinski definition) is 13. The number of nitrogens with one attached hydrogen (secondary N) is 3. The van der Waals surface area contributed by atoms with Gasteiger partial charge in [-0.1, -0.05) is 60.7 Å². The molecule has 0 bridgehead atoms. The molecule has 0 amide bonds. The van der Waals surface area contributed by atoms with Gasteiger partial charge in [0.1, 0.15) is 23.3 Å². The van der Waals surface area contributed by atoms with E-state index in [0.717, 1.165) is 0 Å². The van der Waals surface area contributed by atoms with Crippen molar-refractivity contribution < 1.29 is 61.4 Å². The molecular weight excluding hydrogens is 683 g/mol. The predicted octanol–water partition coefficient (Wildman–Crippen LogP) is -0.871. The third-order valence-corrected chi connectivity index (χ3v) is 8.61. The minimum absolute atomic E-state index is 0.159. The van der Waals surface area contributed by atoms with Gasteiger partial charge in [0.05, 0.1) is 25.4 Å². The van der Waals surface area contributed by atoms with Crippen molar-refractivity contribution >= 4 is 40.5 Å². The summed E-state index contributed by atoms with van der Waals surface area (Å²) in [4.78, 5) is 0. The maximum atomic E-state index is 11.8. The van der Waals surface area contributed by atoms with E-state index in [1.165, 1.54) is 0 Å². The first-order valence-electron chi connectivity index (χ1n) is 13.1. The summed E-state index contributed by atoms with van der Waals surface area (Å²) in [5.74, 6) is -4.10. The molecule has 0 aromatic heterocycles. The molecule has 17 nitrogen and oxygen atoms in total. The Morgan fingerprint density at radius 2 is 0.867 bits per heavy atom. The fourth-order valence-corrected chi connectivity index (χ4v) is 6.36. The fourth-order valence-electron chi connectivity index (χ4n) is 4.02. The Labute approximate surface area is 262 Å². The van der Waals surface area contributed by atoms with Crippen LogP contribution in [-0.2, 0) is 63.2 Å². The molecule has 0 aliphatic heterocycles. The third kappa shape index (κ3) is 18.6. The normalized spacial score (nSPS) is 15.7. The van der Waals surface area contributed by atoms with E-state index in [9.17, 15) is 51.9 Å². The highest BCUT2D eigenvalue weighted by atomic mass is 32.2. The summed E-state index contributed by atoms with van der Waals surface area (Å²) in [5.41, 5.74) is 1.22. The summed E-state index contributed by atoms with van der Waals surface area (Å²) in [6, 6.07) is 14.4. The highest BCUT2D eigenvalue weighted by Gasteiger charge is 2.31. The lowest BCUT2D eigenvalue weighted by molar-refractivity contribution is 0.0234. The number of hydrogen-bond donors (Lipinski definition) is 7. The second kappa shape index (κ2) is 17.7. The molecule has 2 aromatic rings. The first kappa shape index (κ1) is 39.1. The van der Waals surface area contributed by atoms with Gasteiger partial charge >= 0.3 is 0 Å². The van der Waals surface area contributed by atoms with Crippen molar-refractivity contribution in [1.82, 2.24) is 16.0 Å². The molecule has 4 unspecified atom stereocenters. The van der Waals surface area contributed by atoms with Gasteiger partial charge in [0, 0.05) is 25.2 Å². The van der Waals surface area contributed by atoms with Crippen molar-refractivity contribution in [2.45, 2.75) is 37.5 Å². The maximum Gasteiger partial charge on any atom is 0.278 e. The van der Waals surface area contributed by atoms with Gasteiger partial charge in [0.15, 0.2) is 0 Å². The number of benzene rings is 2. The first-order valence-corrected chi connectivity index (χ1v) is 19.5. The van der Waals surface area contributed by atoms with E-state index in [1.54, 1.807) is 60.7 Å². The topological polar surface area (TPSA) is 272 Å². The van der Waals surface area contributed by atoms with Gasteiger partial charge in [0.2, 0.25) is 0 Å². The Hall–Kier alpha value is -2.12. The largest absolute Gasteiger partial charge is 0.371 e. The quantitative estimate of drug-likeness (QED) is 0.0729. The van der Waals surface area contributed by atoms with Crippen molar-refractivity contribution in [2.75, 3.05) is 36.3 Å². The fraction of sp³-hybridized carbons (Fsp3) is 0.500. The van der Waals surface area contributed by atoms with E-state index < -0.39 is 88.0 Å². The Bertz CT molecular complexity index is 1490. The van der Waals surface area contributed by atoms with Crippen molar-refractivity contribution in [3.05, 3.63) is 71.8 Å². The maximum absolute atomic E-state index is 11.8. The van der Waals surface area contributed by atoms with Crippen LogP contribution in [-0.4, -0.2) is 113 Å². The molecule has 0 fully saturated rings. The molecule has 7 N–H and O–H groups in total. The molecular formula is C24H37N3O14S4. The zero-order valence-corrected chi connectivity index (χ0v) is 27.0. The van der Waals surface area contributed by atoms with Crippen LogP contribution in [0.2, 0.25) is 0 Å². The van der Waals surface area contributed by atoms with Gasteiger partial charge in [-0.3, -0.25) is 28.8 Å². The molecule has 256 valence electrons. The highest BCUT2D eigenvalue weighted by Crippen LogP contribution is 2.12. The number of ether oxygens (including phenoxy) is 2. The van der Waals surface area contributed by atoms with Crippen LogP contribution in [0.5, 0.6) is 0 Å². The predicted molar refractivity (Wildman–Crippen MR) is 162 cm³/mol. The summed E-state index contributed by atoms with van der Waals surface area (Å²) >= 11 is 0. The van der Waals surface area contributed by atoms with Crippen molar-refractivity contribution in [3.63, 3.8) is 0 Å². The second-order valence-corrected chi connectivity index (χ2v) is 15.8. The first-order chi connectivity index (χ1) is 20.8. The zero-order chi connectivity index (χ0) is 33.7. The monoisotopic (exact) mass is 719 g/mol. The van der Waals surface area contributed by atoms with E-state index in [-0.39, 0.29) is 26.3 Å². The molecule has 45 heavy (non-hydrogen) atoms. The zero-order valence-electron chi connectivity index (χ0n) is 23.7. The summed E-state index contributed by atoms with van der Waals surface area (Å²) in [5, 5.41) is 7.67. The molecule has 2 rings (SSSR count). The summed E-state index contributed by atoms with van der Waals surface area (Å²) in [6.07, 6.45) is -2.83. The minimum atomic E-state index is -4.69. The Kier molecular flexibility index (Phi) is 15.4. The molecule has 0 saturated carbocycles. The van der Waals surface area contributed by atoms with E-state index in [0.29, 0.717) is 11.1 Å². The molecule has 0 aliphatic rings. The lowest BCUT2D eigenvalue weighted by Crippen LogP contribution is -2.56. The highest BCUT2D eigenvalue weighted by molar-refractivity contribution is 7.86. The van der Waals surface area contributed by atoms with Crippen LogP contribution < -0.4 is 16.0 Å². The lowest BCUT2D eigenvalue weighted by Gasteiger charge is -2.30. The van der Waals surface area contributed by atoms with Crippen LogP contribution in [0, 0.1) is 0 Å². The van der Waals surface area contributed by atoms with Gasteiger partial charge in [-0.05, 0) is 11.1 Å². The van der Waals surface area contributed by atoms with Crippen LogP contribution in [0.15, 0.2) is 60.7 Å². The summed E-state index contributed by atoms with van der Waals surface area (Å²) in [6.45, 7) is -1.03. The van der Waals surface area contributed by atoms with Gasteiger partial charge in [-0.2, -0.15) is 33.7 Å². The van der Waals surface area contributed by atoms with Gasteiger partial charge < -0.3 is 14.8 Å². The standard InChI is InChI=1S/C24H37N3O14S4/c28-42(29,30)15-23(40-13-19-7-3-1-4-8-19)21(26-17-44(34,35)36)11-25-12-22(27-18-45(37,38)39)24(16-43(31,32)33)41-14-20-9-5-2-6-10-20/h1-10,21-27H,11-18H2,(H,28,29,30)(H,31,32,33)(H,34,35,36)(H,37,38,39). The molecule has 2 aromatic carbocycles. The molecule has 0 spiro atoms. The van der Waals surface area contributed by atoms with Crippen LogP contribution in [0.1, 0.15) is 11.1 Å². The molecule has 0 saturated heterocycles. The van der Waals surface area contributed by atoms with Crippen LogP contribution in [0.3, 0.4) is 0 Å².